The van der Waals surface area contributed by atoms with Crippen molar-refractivity contribution < 1.29 is 18.0 Å². The van der Waals surface area contributed by atoms with E-state index in [0.29, 0.717) is 31.0 Å². The smallest absolute Gasteiger partial charge is 0.366 e. The van der Waals surface area contributed by atoms with Crippen molar-refractivity contribution >= 4 is 11.7 Å². The molecule has 0 spiro atoms. The Kier molecular flexibility index (Phi) is 5.44. The van der Waals surface area contributed by atoms with Crippen LogP contribution in [0, 0.1) is 0 Å². The van der Waals surface area contributed by atoms with Gasteiger partial charge in [-0.3, -0.25) is 14.8 Å². The van der Waals surface area contributed by atoms with Gasteiger partial charge in [0, 0.05) is 50.2 Å². The maximum absolute atomic E-state index is 12.8. The number of hydrogen-bond acceptors (Lipinski definition) is 5. The van der Waals surface area contributed by atoms with Crippen molar-refractivity contribution in [3.05, 3.63) is 53.5 Å². The van der Waals surface area contributed by atoms with Gasteiger partial charge in [-0.2, -0.15) is 18.3 Å². The fourth-order valence-corrected chi connectivity index (χ4v) is 3.83. The molecule has 1 unspecified atom stereocenters. The number of nitrogens with zero attached hydrogens (tertiary/aromatic N) is 4. The molecule has 3 aromatic heterocycles. The summed E-state index contributed by atoms with van der Waals surface area (Å²) in [5, 5.41) is 7.08. The number of pyridine rings is 1. The number of primary amides is 1. The maximum atomic E-state index is 12.8. The van der Waals surface area contributed by atoms with Crippen LogP contribution in [0.5, 0.6) is 0 Å². The van der Waals surface area contributed by atoms with E-state index in [2.05, 4.69) is 25.1 Å². The highest BCUT2D eigenvalue weighted by Crippen LogP contribution is 2.30. The summed E-state index contributed by atoms with van der Waals surface area (Å²) in [6, 6.07) is 4.23. The Bertz CT molecular complexity index is 1060. The van der Waals surface area contributed by atoms with Crippen molar-refractivity contribution in [3.63, 3.8) is 0 Å². The van der Waals surface area contributed by atoms with Crippen LogP contribution in [-0.4, -0.2) is 56.6 Å². The first-order valence-electron chi connectivity index (χ1n) is 9.75. The molecule has 4 rings (SSSR count). The van der Waals surface area contributed by atoms with E-state index in [-0.39, 0.29) is 6.04 Å². The Morgan fingerprint density at radius 2 is 2.10 bits per heavy atom. The highest BCUT2D eigenvalue weighted by Gasteiger charge is 2.32. The van der Waals surface area contributed by atoms with Crippen molar-refractivity contribution in [1.82, 2.24) is 25.1 Å². The summed E-state index contributed by atoms with van der Waals surface area (Å²) in [6.45, 7) is 4.72. The second-order valence-corrected chi connectivity index (χ2v) is 7.62. The highest BCUT2D eigenvalue weighted by molar-refractivity contribution is 5.93. The Balaban J connectivity index is 1.42. The number of alkyl halides is 3. The van der Waals surface area contributed by atoms with E-state index >= 15 is 0 Å². The van der Waals surface area contributed by atoms with Crippen LogP contribution in [0.4, 0.5) is 19.0 Å². The predicted molar refractivity (Wildman–Crippen MR) is 108 cm³/mol. The molecule has 0 radical (unpaired) electrons. The number of rotatable bonds is 5. The molecular formula is C20H22F3N7O. The number of carbonyl (C=O) groups excluding carboxylic acids is 1. The molecule has 0 bridgehead atoms. The Labute approximate surface area is 176 Å². The van der Waals surface area contributed by atoms with E-state index in [1.165, 1.54) is 6.07 Å². The second kappa shape index (κ2) is 8.06. The number of halogens is 3. The van der Waals surface area contributed by atoms with E-state index in [0.717, 1.165) is 35.8 Å². The van der Waals surface area contributed by atoms with Crippen LogP contribution in [0.25, 0.3) is 11.4 Å². The number of carbonyl (C=O) groups is 1. The molecule has 4 N–H and O–H groups in total. The van der Waals surface area contributed by atoms with E-state index in [1.54, 1.807) is 18.5 Å². The third-order valence-electron chi connectivity index (χ3n) is 5.43. The van der Waals surface area contributed by atoms with E-state index in [1.807, 2.05) is 11.8 Å². The lowest BCUT2D eigenvalue weighted by Gasteiger charge is -2.40. The van der Waals surface area contributed by atoms with E-state index in [4.69, 9.17) is 5.73 Å². The standard InChI is InChI=1S/C20H22F3N7O/c1-12-10-29(4-5-30(12)17-3-2-15(9-26-17)20(21,22)23)11-14-8-27-28-18(14)16-6-13(7-25-16)19(24)31/h2-3,6-9,12,25H,4-5,10-11H2,1H3,(H2,24,31)(H,27,28). The predicted octanol–water partition coefficient (Wildman–Crippen LogP) is 2.63. The van der Waals surface area contributed by atoms with Crippen LogP contribution in [0.2, 0.25) is 0 Å². The van der Waals surface area contributed by atoms with Gasteiger partial charge >= 0.3 is 6.18 Å². The number of hydrogen-bond donors (Lipinski definition) is 3. The number of amides is 1. The topological polar surface area (TPSA) is 107 Å². The Hall–Kier alpha value is -3.34. The molecule has 31 heavy (non-hydrogen) atoms. The zero-order chi connectivity index (χ0) is 22.2. The van der Waals surface area contributed by atoms with E-state index < -0.39 is 17.6 Å². The van der Waals surface area contributed by atoms with Crippen LogP contribution < -0.4 is 10.6 Å². The molecule has 1 amide bonds. The van der Waals surface area contributed by atoms with Crippen molar-refractivity contribution in [1.29, 1.82) is 0 Å². The van der Waals surface area contributed by atoms with Gasteiger partial charge in [-0.1, -0.05) is 0 Å². The van der Waals surface area contributed by atoms with Gasteiger partial charge in [-0.05, 0) is 25.1 Å². The number of piperazine rings is 1. The Morgan fingerprint density at radius 1 is 1.29 bits per heavy atom. The monoisotopic (exact) mass is 433 g/mol. The van der Waals surface area contributed by atoms with E-state index in [9.17, 15) is 18.0 Å². The molecule has 1 fully saturated rings. The molecular weight excluding hydrogens is 411 g/mol. The fraction of sp³-hybridized carbons (Fsp3) is 0.350. The summed E-state index contributed by atoms with van der Waals surface area (Å²) in [5.41, 5.74) is 7.43. The molecule has 164 valence electrons. The number of aromatic amines is 2. The lowest BCUT2D eigenvalue weighted by atomic mass is 10.1. The minimum absolute atomic E-state index is 0.0697. The average Bonchev–Trinajstić information content (AvgIpc) is 3.37. The largest absolute Gasteiger partial charge is 0.417 e. The van der Waals surface area contributed by atoms with Crippen molar-refractivity contribution in [3.8, 4) is 11.4 Å². The molecule has 1 atom stereocenters. The van der Waals surface area contributed by atoms with Gasteiger partial charge in [0.05, 0.1) is 28.7 Å². The zero-order valence-corrected chi connectivity index (χ0v) is 16.8. The highest BCUT2D eigenvalue weighted by atomic mass is 19.4. The fourth-order valence-electron chi connectivity index (χ4n) is 3.83. The maximum Gasteiger partial charge on any atom is 0.417 e. The van der Waals surface area contributed by atoms with Gasteiger partial charge in [0.15, 0.2) is 0 Å². The van der Waals surface area contributed by atoms with Gasteiger partial charge in [0.2, 0.25) is 5.91 Å². The normalized spacial score (nSPS) is 17.8. The molecule has 8 nitrogen and oxygen atoms in total. The van der Waals surface area contributed by atoms with Crippen molar-refractivity contribution in [2.75, 3.05) is 24.5 Å². The summed E-state index contributed by atoms with van der Waals surface area (Å²) in [7, 11) is 0. The summed E-state index contributed by atoms with van der Waals surface area (Å²) >= 11 is 0. The van der Waals surface area contributed by atoms with Crippen LogP contribution in [0.15, 0.2) is 36.8 Å². The molecule has 4 heterocycles. The third kappa shape index (κ3) is 4.41. The minimum atomic E-state index is -4.39. The lowest BCUT2D eigenvalue weighted by Crippen LogP contribution is -2.51. The first-order valence-corrected chi connectivity index (χ1v) is 9.75. The number of nitrogens with one attached hydrogen (secondary N) is 2. The third-order valence-corrected chi connectivity index (χ3v) is 5.43. The Morgan fingerprint density at radius 3 is 2.71 bits per heavy atom. The van der Waals surface area contributed by atoms with Gasteiger partial charge < -0.3 is 15.6 Å². The first-order chi connectivity index (χ1) is 14.7. The minimum Gasteiger partial charge on any atom is -0.366 e. The summed E-state index contributed by atoms with van der Waals surface area (Å²) in [4.78, 5) is 22.7. The summed E-state index contributed by atoms with van der Waals surface area (Å²) in [6.07, 6.45) is -0.215. The number of aromatic nitrogens is 4. The average molecular weight is 433 g/mol. The number of anilines is 1. The van der Waals surface area contributed by atoms with Crippen molar-refractivity contribution in [2.45, 2.75) is 25.7 Å². The summed E-state index contributed by atoms with van der Waals surface area (Å²) < 4.78 is 38.3. The molecule has 1 aliphatic rings. The van der Waals surface area contributed by atoms with Crippen LogP contribution in [0.3, 0.4) is 0 Å². The molecule has 1 aliphatic heterocycles. The molecule has 0 saturated carbocycles. The summed E-state index contributed by atoms with van der Waals surface area (Å²) in [5.74, 6) is 0.0277. The van der Waals surface area contributed by atoms with Gasteiger partial charge in [0.1, 0.15) is 5.82 Å². The van der Waals surface area contributed by atoms with Gasteiger partial charge in [-0.25, -0.2) is 4.98 Å². The molecule has 1 saturated heterocycles. The van der Waals surface area contributed by atoms with Crippen molar-refractivity contribution in [2.24, 2.45) is 5.73 Å². The molecule has 11 heteroatoms. The second-order valence-electron chi connectivity index (χ2n) is 7.62. The molecule has 0 aliphatic carbocycles. The van der Waals surface area contributed by atoms with Crippen LogP contribution in [0.1, 0.15) is 28.4 Å². The molecule has 0 aromatic carbocycles. The van der Waals surface area contributed by atoms with Gasteiger partial charge in [-0.15, -0.1) is 0 Å². The number of nitrogens with two attached hydrogens (primary N) is 1. The first kappa shape index (κ1) is 20.9. The number of H-pyrrole nitrogens is 2. The zero-order valence-electron chi connectivity index (χ0n) is 16.8. The van der Waals surface area contributed by atoms with Crippen LogP contribution >= 0.6 is 0 Å². The SMILES string of the molecule is CC1CN(Cc2cn[nH]c2-c2cc(C(N)=O)c[nH]2)CCN1c1ccc(C(F)(F)F)cn1. The van der Waals surface area contributed by atoms with Gasteiger partial charge in [0.25, 0.3) is 0 Å². The molecule has 3 aromatic rings. The van der Waals surface area contributed by atoms with Crippen LogP contribution in [-0.2, 0) is 12.7 Å². The quantitative estimate of drug-likeness (QED) is 0.574. The lowest BCUT2D eigenvalue weighted by molar-refractivity contribution is -0.137.